The van der Waals surface area contributed by atoms with Crippen LogP contribution in [0.15, 0.2) is 22.6 Å². The number of fused-ring (bicyclic) bond motifs is 1. The molecule has 7 heteroatoms. The Morgan fingerprint density at radius 3 is 3.09 bits per heavy atom. The normalized spacial score (nSPS) is 21.3. The number of nitrogens with one attached hydrogen (secondary N) is 2. The first-order valence-corrected chi connectivity index (χ1v) is 7.62. The molecule has 1 saturated heterocycles. The molecule has 1 aromatic heterocycles. The number of benzene rings is 1. The summed E-state index contributed by atoms with van der Waals surface area (Å²) >= 11 is 4.93. The number of H-pyrrole nitrogens is 1. The van der Waals surface area contributed by atoms with Crippen LogP contribution in [-0.4, -0.2) is 42.4 Å². The summed E-state index contributed by atoms with van der Waals surface area (Å²) in [5, 5.41) is 12.1. The minimum absolute atomic E-state index is 0.0923. The molecule has 1 aliphatic heterocycles. The Bertz CT molecular complexity index is 730. The molecule has 0 aliphatic carbocycles. The first kappa shape index (κ1) is 15.2. The smallest absolute Gasteiger partial charge is 0.266 e. The number of aliphatic hydroxyl groups is 1. The number of aliphatic hydroxyl groups excluding tert-OH is 1. The van der Waals surface area contributed by atoms with Crippen LogP contribution in [0.4, 0.5) is 0 Å². The highest BCUT2D eigenvalue weighted by molar-refractivity contribution is 7.71. The van der Waals surface area contributed by atoms with Crippen LogP contribution in [0.25, 0.3) is 11.1 Å². The van der Waals surface area contributed by atoms with Gasteiger partial charge in [0.2, 0.25) is 0 Å². The Labute approximate surface area is 132 Å². The number of rotatable bonds is 5. The third-order valence-corrected chi connectivity index (χ3v) is 4.32. The quantitative estimate of drug-likeness (QED) is 0.733. The van der Waals surface area contributed by atoms with Gasteiger partial charge in [-0.05, 0) is 43.3 Å². The Morgan fingerprint density at radius 1 is 1.50 bits per heavy atom. The number of hydrogen-bond donors (Lipinski definition) is 3. The van der Waals surface area contributed by atoms with Gasteiger partial charge in [-0.15, -0.1) is 0 Å². The van der Waals surface area contributed by atoms with E-state index >= 15 is 0 Å². The van der Waals surface area contributed by atoms with E-state index in [0.717, 1.165) is 11.9 Å². The molecule has 6 nitrogen and oxygen atoms in total. The lowest BCUT2D eigenvalue weighted by Gasteiger charge is -2.26. The largest absolute Gasteiger partial charge is 0.429 e. The van der Waals surface area contributed by atoms with Crippen molar-refractivity contribution in [2.45, 2.75) is 12.8 Å². The van der Waals surface area contributed by atoms with E-state index in [1.807, 2.05) is 0 Å². The molecule has 0 radical (unpaired) electrons. The molecule has 3 rings (SSSR count). The van der Waals surface area contributed by atoms with E-state index in [1.165, 1.54) is 0 Å². The minimum atomic E-state index is -0.173. The topological polar surface area (TPSA) is 87.5 Å². The van der Waals surface area contributed by atoms with Crippen LogP contribution >= 0.6 is 12.2 Å². The average molecular weight is 322 g/mol. The van der Waals surface area contributed by atoms with Gasteiger partial charge in [-0.3, -0.25) is 4.79 Å². The molecule has 0 bridgehead atoms. The van der Waals surface area contributed by atoms with Crippen molar-refractivity contribution in [3.05, 3.63) is 28.6 Å². The molecular weight excluding hydrogens is 304 g/mol. The molecule has 2 heterocycles. The van der Waals surface area contributed by atoms with E-state index in [0.29, 0.717) is 37.3 Å². The lowest BCUT2D eigenvalue weighted by atomic mass is 9.84. The predicted octanol–water partition coefficient (Wildman–Crippen LogP) is 2.01. The maximum absolute atomic E-state index is 12.3. The van der Waals surface area contributed by atoms with Gasteiger partial charge in [0, 0.05) is 30.7 Å². The highest BCUT2D eigenvalue weighted by Gasteiger charge is 2.34. The molecule has 22 heavy (non-hydrogen) atoms. The molecule has 0 spiro atoms. The lowest BCUT2D eigenvalue weighted by molar-refractivity contribution is 0.0889. The van der Waals surface area contributed by atoms with E-state index in [-0.39, 0.29) is 22.8 Å². The van der Waals surface area contributed by atoms with E-state index in [1.54, 1.807) is 18.2 Å². The standard InChI is InChI=1S/C15H18N2O4S/c18-5-3-15(4-6-20-9-15)8-16-13(19)10-1-2-11-12(7-10)21-14(22)17-11/h1-2,7,18H,3-6,8-9H2,(H,16,19)(H,17,22)/t15-/m0/s1. The summed E-state index contributed by atoms with van der Waals surface area (Å²) in [6.07, 6.45) is 1.47. The van der Waals surface area contributed by atoms with Gasteiger partial charge in [0.25, 0.3) is 10.7 Å². The van der Waals surface area contributed by atoms with Crippen molar-refractivity contribution >= 4 is 29.2 Å². The SMILES string of the molecule is O=C(NC[C@]1(CCO)CCOC1)c1ccc2[nH]c(=S)oc2c1. The predicted molar refractivity (Wildman–Crippen MR) is 83.3 cm³/mol. The molecule has 2 aromatic rings. The molecule has 118 valence electrons. The zero-order chi connectivity index (χ0) is 15.6. The van der Waals surface area contributed by atoms with Crippen LogP contribution in [0, 0.1) is 10.3 Å². The number of amides is 1. The summed E-state index contributed by atoms with van der Waals surface area (Å²) < 4.78 is 10.7. The van der Waals surface area contributed by atoms with Crippen LogP contribution in [0.1, 0.15) is 23.2 Å². The maximum atomic E-state index is 12.3. The molecule has 1 aliphatic rings. The number of aromatic amines is 1. The Hall–Kier alpha value is -1.70. The maximum Gasteiger partial charge on any atom is 0.266 e. The number of oxazole rings is 1. The second-order valence-corrected chi connectivity index (χ2v) is 6.06. The molecule has 3 N–H and O–H groups in total. The van der Waals surface area contributed by atoms with Crippen molar-refractivity contribution in [1.29, 1.82) is 0 Å². The number of ether oxygens (including phenoxy) is 1. The zero-order valence-corrected chi connectivity index (χ0v) is 12.9. The first-order chi connectivity index (χ1) is 10.6. The summed E-state index contributed by atoms with van der Waals surface area (Å²) in [5.74, 6) is -0.173. The molecule has 1 aromatic carbocycles. The number of carbonyl (C=O) groups is 1. The summed E-state index contributed by atoms with van der Waals surface area (Å²) in [6, 6.07) is 5.16. The van der Waals surface area contributed by atoms with Gasteiger partial charge in [0.05, 0.1) is 12.1 Å². The summed E-state index contributed by atoms with van der Waals surface area (Å²) in [5.41, 5.74) is 1.68. The van der Waals surface area contributed by atoms with Crippen LogP contribution in [0.5, 0.6) is 0 Å². The fraction of sp³-hybridized carbons (Fsp3) is 0.467. The lowest BCUT2D eigenvalue weighted by Crippen LogP contribution is -2.38. The second kappa shape index (κ2) is 6.20. The van der Waals surface area contributed by atoms with E-state index < -0.39 is 0 Å². The van der Waals surface area contributed by atoms with Gasteiger partial charge < -0.3 is 24.6 Å². The van der Waals surface area contributed by atoms with E-state index in [2.05, 4.69) is 10.3 Å². The molecule has 1 atom stereocenters. The first-order valence-electron chi connectivity index (χ1n) is 7.22. The highest BCUT2D eigenvalue weighted by Crippen LogP contribution is 2.31. The summed E-state index contributed by atoms with van der Waals surface area (Å²) in [4.78, 5) is 15.5. The zero-order valence-electron chi connectivity index (χ0n) is 12.1. The number of aromatic nitrogens is 1. The van der Waals surface area contributed by atoms with Crippen molar-refractivity contribution in [3.8, 4) is 0 Å². The van der Waals surface area contributed by atoms with Crippen molar-refractivity contribution in [3.63, 3.8) is 0 Å². The van der Waals surface area contributed by atoms with Gasteiger partial charge in [-0.1, -0.05) is 0 Å². The average Bonchev–Trinajstić information content (AvgIpc) is 3.10. The van der Waals surface area contributed by atoms with Crippen LogP contribution < -0.4 is 5.32 Å². The van der Waals surface area contributed by atoms with Gasteiger partial charge in [-0.25, -0.2) is 0 Å². The van der Waals surface area contributed by atoms with E-state index in [4.69, 9.17) is 21.4 Å². The third-order valence-electron chi connectivity index (χ3n) is 4.13. The highest BCUT2D eigenvalue weighted by atomic mass is 32.1. The Kier molecular flexibility index (Phi) is 4.28. The number of hydrogen-bond acceptors (Lipinski definition) is 5. The van der Waals surface area contributed by atoms with Gasteiger partial charge in [-0.2, -0.15) is 0 Å². The van der Waals surface area contributed by atoms with Crippen molar-refractivity contribution < 1.29 is 19.1 Å². The summed E-state index contributed by atoms with van der Waals surface area (Å²) in [6.45, 7) is 1.82. The van der Waals surface area contributed by atoms with Gasteiger partial charge in [0.15, 0.2) is 5.58 Å². The molecule has 0 unspecified atom stereocenters. The van der Waals surface area contributed by atoms with Crippen LogP contribution in [0.2, 0.25) is 0 Å². The number of carbonyl (C=O) groups excluding carboxylic acids is 1. The van der Waals surface area contributed by atoms with Crippen LogP contribution in [-0.2, 0) is 4.74 Å². The monoisotopic (exact) mass is 322 g/mol. The Morgan fingerprint density at radius 2 is 2.36 bits per heavy atom. The van der Waals surface area contributed by atoms with Crippen LogP contribution in [0.3, 0.4) is 0 Å². The van der Waals surface area contributed by atoms with Gasteiger partial charge >= 0.3 is 0 Å². The Balaban J connectivity index is 1.71. The van der Waals surface area contributed by atoms with E-state index in [9.17, 15) is 9.90 Å². The minimum Gasteiger partial charge on any atom is -0.429 e. The van der Waals surface area contributed by atoms with Gasteiger partial charge in [0.1, 0.15) is 0 Å². The van der Waals surface area contributed by atoms with Crippen molar-refractivity contribution in [1.82, 2.24) is 10.3 Å². The molecule has 1 amide bonds. The third kappa shape index (κ3) is 3.06. The summed E-state index contributed by atoms with van der Waals surface area (Å²) in [7, 11) is 0. The second-order valence-electron chi connectivity index (χ2n) is 5.68. The molecule has 0 saturated carbocycles. The fourth-order valence-electron chi connectivity index (χ4n) is 2.77. The molecular formula is C15H18N2O4S. The van der Waals surface area contributed by atoms with Crippen molar-refractivity contribution in [2.24, 2.45) is 5.41 Å². The van der Waals surface area contributed by atoms with Crippen molar-refractivity contribution in [2.75, 3.05) is 26.4 Å². The fourth-order valence-corrected chi connectivity index (χ4v) is 2.97. The molecule has 1 fully saturated rings.